The lowest BCUT2D eigenvalue weighted by Gasteiger charge is -2.24. The van der Waals surface area contributed by atoms with Crippen LogP contribution in [0.15, 0.2) is 58.7 Å². The highest BCUT2D eigenvalue weighted by atomic mass is 32.1. The van der Waals surface area contributed by atoms with Crippen LogP contribution in [0, 0.1) is 11.7 Å². The van der Waals surface area contributed by atoms with Crippen LogP contribution in [-0.4, -0.2) is 35.0 Å². The summed E-state index contributed by atoms with van der Waals surface area (Å²) in [7, 11) is 3.25. The molecule has 0 bridgehead atoms. The Labute approximate surface area is 202 Å². The minimum absolute atomic E-state index is 0.142. The Bertz CT molecular complexity index is 1330. The molecule has 0 spiro atoms. The van der Waals surface area contributed by atoms with Crippen molar-refractivity contribution in [2.24, 2.45) is 5.92 Å². The van der Waals surface area contributed by atoms with Gasteiger partial charge in [0.05, 0.1) is 25.6 Å². The van der Waals surface area contributed by atoms with Gasteiger partial charge in [-0.05, 0) is 53.4 Å². The van der Waals surface area contributed by atoms with Crippen LogP contribution in [0.1, 0.15) is 25.1 Å². The molecule has 0 aliphatic heterocycles. The van der Waals surface area contributed by atoms with Gasteiger partial charge in [-0.25, -0.2) is 9.37 Å². The van der Waals surface area contributed by atoms with Gasteiger partial charge < -0.3 is 9.47 Å². The second-order valence-corrected chi connectivity index (χ2v) is 9.42. The Hall–Kier alpha value is -3.23. The van der Waals surface area contributed by atoms with E-state index in [2.05, 4.69) is 18.7 Å². The monoisotopic (exact) mass is 481 g/mol. The first-order chi connectivity index (χ1) is 16.4. The van der Waals surface area contributed by atoms with Gasteiger partial charge in [0.25, 0.3) is 5.56 Å². The summed E-state index contributed by atoms with van der Waals surface area (Å²) in [6.07, 6.45) is 0. The highest BCUT2D eigenvalue weighted by Crippen LogP contribution is 2.29. The second kappa shape index (κ2) is 10.4. The average molecular weight is 482 g/mol. The maximum Gasteiger partial charge on any atom is 0.259 e. The van der Waals surface area contributed by atoms with Gasteiger partial charge in [0, 0.05) is 31.1 Å². The van der Waals surface area contributed by atoms with E-state index in [0.717, 1.165) is 23.4 Å². The fourth-order valence-corrected chi connectivity index (χ4v) is 4.96. The van der Waals surface area contributed by atoms with Gasteiger partial charge in [0.15, 0.2) is 16.5 Å². The van der Waals surface area contributed by atoms with Gasteiger partial charge in [-0.2, -0.15) is 0 Å². The second-order valence-electron chi connectivity index (χ2n) is 8.58. The summed E-state index contributed by atoms with van der Waals surface area (Å²) in [5, 5.41) is 1.89. The van der Waals surface area contributed by atoms with E-state index in [4.69, 9.17) is 14.5 Å². The SMILES string of the molecule is COc1ccc(CN(Cc2cc(=O)n3c(-c4ccc(F)cc4)csc3n2)CC(C)C)cc1OC. The molecule has 0 aliphatic carbocycles. The van der Waals surface area contributed by atoms with E-state index in [1.807, 2.05) is 23.6 Å². The van der Waals surface area contributed by atoms with Crippen LogP contribution < -0.4 is 15.0 Å². The molecule has 4 aromatic rings. The van der Waals surface area contributed by atoms with E-state index < -0.39 is 0 Å². The fourth-order valence-electron chi connectivity index (χ4n) is 4.03. The van der Waals surface area contributed by atoms with Crippen molar-refractivity contribution in [2.45, 2.75) is 26.9 Å². The number of hydrogen-bond donors (Lipinski definition) is 0. The summed E-state index contributed by atoms with van der Waals surface area (Å²) >= 11 is 1.40. The zero-order valence-electron chi connectivity index (χ0n) is 19.7. The summed E-state index contributed by atoms with van der Waals surface area (Å²) in [6, 6.07) is 13.6. The third-order valence-electron chi connectivity index (χ3n) is 5.46. The Morgan fingerprint density at radius 3 is 2.44 bits per heavy atom. The maximum atomic E-state index is 13.3. The van der Waals surface area contributed by atoms with Crippen molar-refractivity contribution in [2.75, 3.05) is 20.8 Å². The van der Waals surface area contributed by atoms with E-state index >= 15 is 0 Å². The van der Waals surface area contributed by atoms with Crippen molar-refractivity contribution in [3.8, 4) is 22.8 Å². The van der Waals surface area contributed by atoms with Crippen molar-refractivity contribution >= 4 is 16.3 Å². The lowest BCUT2D eigenvalue weighted by Crippen LogP contribution is -2.28. The first-order valence-corrected chi connectivity index (χ1v) is 11.9. The summed E-state index contributed by atoms with van der Waals surface area (Å²) in [6.45, 7) is 6.41. The normalized spacial score (nSPS) is 11.5. The Morgan fingerprint density at radius 2 is 1.76 bits per heavy atom. The van der Waals surface area contributed by atoms with E-state index in [-0.39, 0.29) is 11.4 Å². The van der Waals surface area contributed by atoms with Crippen LogP contribution in [0.3, 0.4) is 0 Å². The van der Waals surface area contributed by atoms with Gasteiger partial charge in [-0.3, -0.25) is 14.1 Å². The van der Waals surface area contributed by atoms with Gasteiger partial charge in [-0.1, -0.05) is 19.9 Å². The zero-order chi connectivity index (χ0) is 24.2. The third-order valence-corrected chi connectivity index (χ3v) is 6.29. The van der Waals surface area contributed by atoms with Crippen LogP contribution in [0.4, 0.5) is 4.39 Å². The highest BCUT2D eigenvalue weighted by molar-refractivity contribution is 7.15. The number of rotatable bonds is 9. The number of fused-ring (bicyclic) bond motifs is 1. The van der Waals surface area contributed by atoms with Gasteiger partial charge in [0.1, 0.15) is 5.82 Å². The third kappa shape index (κ3) is 5.29. The molecule has 178 valence electrons. The molecular formula is C26H28FN3O3S. The number of benzene rings is 2. The van der Waals surface area contributed by atoms with Crippen LogP contribution in [-0.2, 0) is 13.1 Å². The van der Waals surface area contributed by atoms with E-state index in [0.29, 0.717) is 41.2 Å². The van der Waals surface area contributed by atoms with Crippen LogP contribution in [0.5, 0.6) is 11.5 Å². The molecule has 0 fully saturated rings. The molecule has 0 N–H and O–H groups in total. The van der Waals surface area contributed by atoms with Crippen molar-refractivity contribution in [3.63, 3.8) is 0 Å². The summed E-state index contributed by atoms with van der Waals surface area (Å²) in [4.78, 5) is 20.7. The molecule has 2 aromatic carbocycles. The average Bonchev–Trinajstić information content (AvgIpc) is 3.23. The first-order valence-electron chi connectivity index (χ1n) is 11.1. The van der Waals surface area contributed by atoms with Gasteiger partial charge in [0.2, 0.25) is 0 Å². The topological polar surface area (TPSA) is 56.1 Å². The van der Waals surface area contributed by atoms with Gasteiger partial charge in [-0.15, -0.1) is 11.3 Å². The number of methoxy groups -OCH3 is 2. The maximum absolute atomic E-state index is 13.3. The van der Waals surface area contributed by atoms with Crippen molar-refractivity contribution in [1.29, 1.82) is 0 Å². The molecule has 0 aliphatic rings. The number of hydrogen-bond acceptors (Lipinski definition) is 6. The van der Waals surface area contributed by atoms with Gasteiger partial charge >= 0.3 is 0 Å². The van der Waals surface area contributed by atoms with Crippen LogP contribution in [0.25, 0.3) is 16.2 Å². The molecule has 4 rings (SSSR count). The minimum Gasteiger partial charge on any atom is -0.493 e. The molecule has 8 heteroatoms. The highest BCUT2D eigenvalue weighted by Gasteiger charge is 2.16. The number of aromatic nitrogens is 2. The Morgan fingerprint density at radius 1 is 1.03 bits per heavy atom. The fraction of sp³-hybridized carbons (Fsp3) is 0.308. The van der Waals surface area contributed by atoms with Crippen molar-refractivity contribution in [3.05, 3.63) is 81.3 Å². The quantitative estimate of drug-likeness (QED) is 0.327. The summed E-state index contributed by atoms with van der Waals surface area (Å²) in [5.41, 5.74) is 3.16. The zero-order valence-corrected chi connectivity index (χ0v) is 20.6. The molecule has 0 radical (unpaired) electrons. The lowest BCUT2D eigenvalue weighted by molar-refractivity contribution is 0.225. The number of thiazole rings is 1. The molecule has 0 saturated carbocycles. The van der Waals surface area contributed by atoms with Crippen LogP contribution in [0.2, 0.25) is 0 Å². The number of nitrogens with zero attached hydrogens (tertiary/aromatic N) is 3. The van der Waals surface area contributed by atoms with E-state index in [1.165, 1.54) is 23.5 Å². The smallest absolute Gasteiger partial charge is 0.259 e. The Kier molecular flexibility index (Phi) is 7.29. The molecule has 0 atom stereocenters. The van der Waals surface area contributed by atoms with E-state index in [1.54, 1.807) is 36.8 Å². The molecule has 2 aromatic heterocycles. The first kappa shape index (κ1) is 23.9. The summed E-state index contributed by atoms with van der Waals surface area (Å²) < 4.78 is 25.7. The predicted molar refractivity (Wildman–Crippen MR) is 133 cm³/mol. The molecule has 34 heavy (non-hydrogen) atoms. The molecule has 0 saturated heterocycles. The molecule has 0 amide bonds. The predicted octanol–water partition coefficient (Wildman–Crippen LogP) is 5.24. The number of halogens is 1. The number of ether oxygens (including phenoxy) is 2. The van der Waals surface area contributed by atoms with Crippen LogP contribution >= 0.6 is 11.3 Å². The van der Waals surface area contributed by atoms with Crippen molar-refractivity contribution < 1.29 is 13.9 Å². The lowest BCUT2D eigenvalue weighted by atomic mass is 10.1. The Balaban J connectivity index is 1.62. The standard InChI is InChI=1S/C26H28FN3O3S/c1-17(2)13-29(14-18-5-10-23(32-3)24(11-18)33-4)15-21-12-25(31)30-22(16-34-26(30)28-21)19-6-8-20(27)9-7-19/h5-12,16-17H,13-15H2,1-4H3. The molecule has 6 nitrogen and oxygen atoms in total. The van der Waals surface area contributed by atoms with Crippen molar-refractivity contribution in [1.82, 2.24) is 14.3 Å². The molecular weight excluding hydrogens is 453 g/mol. The summed E-state index contributed by atoms with van der Waals surface area (Å²) in [5.74, 6) is 1.51. The molecule has 0 unspecified atom stereocenters. The van der Waals surface area contributed by atoms with E-state index in [9.17, 15) is 9.18 Å². The largest absolute Gasteiger partial charge is 0.493 e. The minimum atomic E-state index is -0.309. The molecule has 2 heterocycles.